The summed E-state index contributed by atoms with van der Waals surface area (Å²) in [6.45, 7) is 2.19. The first-order valence-corrected chi connectivity index (χ1v) is 6.57. The van der Waals surface area contributed by atoms with E-state index < -0.39 is 0 Å². The summed E-state index contributed by atoms with van der Waals surface area (Å²) in [6.07, 6.45) is 5.48. The van der Waals surface area contributed by atoms with E-state index in [1.165, 1.54) is 5.56 Å². The van der Waals surface area contributed by atoms with Crippen LogP contribution in [-0.2, 0) is 0 Å². The van der Waals surface area contributed by atoms with Crippen molar-refractivity contribution in [2.75, 3.05) is 14.1 Å². The Bertz CT molecular complexity index is 714. The van der Waals surface area contributed by atoms with Crippen LogP contribution in [0.5, 0.6) is 0 Å². The fourth-order valence-electron chi connectivity index (χ4n) is 2.13. The van der Waals surface area contributed by atoms with Gasteiger partial charge in [-0.2, -0.15) is 0 Å². The predicted molar refractivity (Wildman–Crippen MR) is 78.3 cm³/mol. The summed E-state index contributed by atoms with van der Waals surface area (Å²) in [5.74, 6) is 0.617. The minimum atomic E-state index is 0.405. The van der Waals surface area contributed by atoms with Crippen LogP contribution in [0.1, 0.15) is 18.5 Å². The molecule has 0 fully saturated rings. The van der Waals surface area contributed by atoms with E-state index in [0.717, 1.165) is 11.1 Å². The van der Waals surface area contributed by atoms with Gasteiger partial charge in [0.2, 0.25) is 0 Å². The SMILES string of the molecule is CC(c1ccc(-c2cnc3nncn3c2)cc1)N(C)C. The Kier molecular flexibility index (Phi) is 3.20. The molecule has 0 saturated heterocycles. The fraction of sp³-hybridized carbons (Fsp3) is 0.267. The summed E-state index contributed by atoms with van der Waals surface area (Å²) in [5, 5.41) is 7.74. The normalized spacial score (nSPS) is 13.0. The van der Waals surface area contributed by atoms with Gasteiger partial charge in [0.05, 0.1) is 0 Å². The number of benzene rings is 1. The van der Waals surface area contributed by atoms with Gasteiger partial charge in [-0.1, -0.05) is 24.3 Å². The lowest BCUT2D eigenvalue weighted by molar-refractivity contribution is 0.321. The second kappa shape index (κ2) is 5.02. The van der Waals surface area contributed by atoms with Gasteiger partial charge in [0.1, 0.15) is 6.33 Å². The van der Waals surface area contributed by atoms with Gasteiger partial charge in [-0.15, -0.1) is 10.2 Å². The molecule has 0 N–H and O–H groups in total. The second-order valence-corrected chi connectivity index (χ2v) is 5.14. The monoisotopic (exact) mass is 267 g/mol. The first-order chi connectivity index (χ1) is 9.65. The van der Waals surface area contributed by atoms with E-state index in [2.05, 4.69) is 65.4 Å². The molecule has 1 unspecified atom stereocenters. The molecular formula is C15H17N5. The number of nitrogens with zero attached hydrogens (tertiary/aromatic N) is 5. The molecule has 5 heteroatoms. The summed E-state index contributed by atoms with van der Waals surface area (Å²) in [6, 6.07) is 8.99. The highest BCUT2D eigenvalue weighted by atomic mass is 15.3. The summed E-state index contributed by atoms with van der Waals surface area (Å²) in [5.41, 5.74) is 3.50. The Morgan fingerprint density at radius 1 is 1.10 bits per heavy atom. The topological polar surface area (TPSA) is 46.3 Å². The molecule has 1 aromatic carbocycles. The predicted octanol–water partition coefficient (Wildman–Crippen LogP) is 2.41. The Balaban J connectivity index is 1.94. The number of hydrogen-bond acceptors (Lipinski definition) is 4. The van der Waals surface area contributed by atoms with E-state index >= 15 is 0 Å². The first kappa shape index (κ1) is 12.7. The summed E-state index contributed by atoms with van der Waals surface area (Å²) in [7, 11) is 4.17. The molecule has 0 amide bonds. The lowest BCUT2D eigenvalue weighted by Gasteiger charge is -2.20. The maximum Gasteiger partial charge on any atom is 0.254 e. The van der Waals surface area contributed by atoms with E-state index in [1.807, 2.05) is 16.8 Å². The maximum absolute atomic E-state index is 4.28. The third kappa shape index (κ3) is 2.28. The van der Waals surface area contributed by atoms with Gasteiger partial charge in [-0.3, -0.25) is 4.40 Å². The van der Waals surface area contributed by atoms with Crippen LogP contribution < -0.4 is 0 Å². The van der Waals surface area contributed by atoms with Crippen molar-refractivity contribution >= 4 is 5.78 Å². The average molecular weight is 267 g/mol. The molecule has 5 nitrogen and oxygen atoms in total. The van der Waals surface area contributed by atoms with Crippen LogP contribution in [0.2, 0.25) is 0 Å². The molecule has 1 atom stereocenters. The molecule has 0 saturated carbocycles. The van der Waals surface area contributed by atoms with Crippen molar-refractivity contribution in [3.8, 4) is 11.1 Å². The molecule has 102 valence electrons. The minimum Gasteiger partial charge on any atom is -0.303 e. The molecule has 2 heterocycles. The zero-order valence-electron chi connectivity index (χ0n) is 11.9. The van der Waals surface area contributed by atoms with Crippen LogP contribution in [0.4, 0.5) is 0 Å². The van der Waals surface area contributed by atoms with Crippen LogP contribution >= 0.6 is 0 Å². The van der Waals surface area contributed by atoms with Crippen molar-refractivity contribution in [3.05, 3.63) is 48.5 Å². The lowest BCUT2D eigenvalue weighted by atomic mass is 10.0. The van der Waals surface area contributed by atoms with E-state index in [-0.39, 0.29) is 0 Å². The van der Waals surface area contributed by atoms with Crippen molar-refractivity contribution in [3.63, 3.8) is 0 Å². The van der Waals surface area contributed by atoms with Gasteiger partial charge in [0.25, 0.3) is 5.78 Å². The van der Waals surface area contributed by atoms with Crippen molar-refractivity contribution in [1.29, 1.82) is 0 Å². The average Bonchev–Trinajstić information content (AvgIpc) is 2.94. The minimum absolute atomic E-state index is 0.405. The highest BCUT2D eigenvalue weighted by Crippen LogP contribution is 2.23. The molecule has 2 aromatic heterocycles. The van der Waals surface area contributed by atoms with Gasteiger partial charge < -0.3 is 4.90 Å². The van der Waals surface area contributed by atoms with Crippen molar-refractivity contribution < 1.29 is 0 Å². The maximum atomic E-state index is 4.28. The van der Waals surface area contributed by atoms with Crippen molar-refractivity contribution in [1.82, 2.24) is 24.5 Å². The van der Waals surface area contributed by atoms with E-state index in [4.69, 9.17) is 0 Å². The fourth-order valence-corrected chi connectivity index (χ4v) is 2.13. The van der Waals surface area contributed by atoms with Crippen LogP contribution in [-0.4, -0.2) is 38.6 Å². The first-order valence-electron chi connectivity index (χ1n) is 6.57. The van der Waals surface area contributed by atoms with Crippen molar-refractivity contribution in [2.45, 2.75) is 13.0 Å². The van der Waals surface area contributed by atoms with Gasteiger partial charge >= 0.3 is 0 Å². The molecular weight excluding hydrogens is 250 g/mol. The molecule has 3 rings (SSSR count). The quantitative estimate of drug-likeness (QED) is 0.731. The standard InChI is InChI=1S/C15H17N5/c1-11(19(2)3)12-4-6-13(7-5-12)14-8-16-15-18-17-10-20(15)9-14/h4-11H,1-3H3. The largest absolute Gasteiger partial charge is 0.303 e. The molecule has 0 aliphatic carbocycles. The smallest absolute Gasteiger partial charge is 0.254 e. The summed E-state index contributed by atoms with van der Waals surface area (Å²) >= 11 is 0. The Labute approximate surface area is 117 Å². The van der Waals surface area contributed by atoms with Crippen LogP contribution in [0.25, 0.3) is 16.9 Å². The number of aromatic nitrogens is 4. The summed E-state index contributed by atoms with van der Waals surface area (Å²) in [4.78, 5) is 6.48. The van der Waals surface area contributed by atoms with Gasteiger partial charge in [-0.05, 0) is 32.1 Å². The van der Waals surface area contributed by atoms with Crippen LogP contribution in [0, 0.1) is 0 Å². The molecule has 20 heavy (non-hydrogen) atoms. The molecule has 3 aromatic rings. The van der Waals surface area contributed by atoms with E-state index in [1.54, 1.807) is 6.33 Å². The number of hydrogen-bond donors (Lipinski definition) is 0. The van der Waals surface area contributed by atoms with E-state index in [9.17, 15) is 0 Å². The lowest BCUT2D eigenvalue weighted by Crippen LogP contribution is -2.16. The van der Waals surface area contributed by atoms with Gasteiger partial charge in [-0.25, -0.2) is 4.98 Å². The van der Waals surface area contributed by atoms with E-state index in [0.29, 0.717) is 11.8 Å². The number of fused-ring (bicyclic) bond motifs is 1. The molecule has 0 bridgehead atoms. The highest BCUT2D eigenvalue weighted by molar-refractivity contribution is 5.62. The molecule has 0 spiro atoms. The zero-order valence-corrected chi connectivity index (χ0v) is 11.9. The third-order valence-corrected chi connectivity index (χ3v) is 3.65. The van der Waals surface area contributed by atoms with Crippen molar-refractivity contribution in [2.24, 2.45) is 0 Å². The highest BCUT2D eigenvalue weighted by Gasteiger charge is 2.08. The van der Waals surface area contributed by atoms with Crippen LogP contribution in [0.3, 0.4) is 0 Å². The van der Waals surface area contributed by atoms with Crippen LogP contribution in [0.15, 0.2) is 43.0 Å². The van der Waals surface area contributed by atoms with Gasteiger partial charge in [0, 0.05) is 24.0 Å². The Hall–Kier alpha value is -2.27. The third-order valence-electron chi connectivity index (χ3n) is 3.65. The zero-order chi connectivity index (χ0) is 14.1. The second-order valence-electron chi connectivity index (χ2n) is 5.14. The molecule has 0 aliphatic rings. The number of rotatable bonds is 3. The molecule has 0 radical (unpaired) electrons. The molecule has 0 aliphatic heterocycles. The summed E-state index contributed by atoms with van der Waals surface area (Å²) < 4.78 is 1.83. The Morgan fingerprint density at radius 3 is 2.55 bits per heavy atom. The van der Waals surface area contributed by atoms with Gasteiger partial charge in [0.15, 0.2) is 0 Å². The Morgan fingerprint density at radius 2 is 1.85 bits per heavy atom.